The summed E-state index contributed by atoms with van der Waals surface area (Å²) in [5, 5.41) is 5.25. The van der Waals surface area contributed by atoms with Crippen molar-refractivity contribution >= 4 is 11.8 Å². The van der Waals surface area contributed by atoms with Crippen molar-refractivity contribution < 1.29 is 9.59 Å². The van der Waals surface area contributed by atoms with Crippen molar-refractivity contribution in [3.8, 4) is 0 Å². The van der Waals surface area contributed by atoms with Gasteiger partial charge in [0.05, 0.1) is 12.1 Å². The van der Waals surface area contributed by atoms with Crippen LogP contribution in [-0.2, 0) is 9.59 Å². The Bertz CT molecular complexity index is 259. The topological polar surface area (TPSA) is 84.2 Å². The molecule has 86 valence electrons. The Balaban J connectivity index is 2.25. The fourth-order valence-electron chi connectivity index (χ4n) is 1.49. The summed E-state index contributed by atoms with van der Waals surface area (Å²) < 4.78 is 0. The zero-order valence-electron chi connectivity index (χ0n) is 9.30. The van der Waals surface area contributed by atoms with Gasteiger partial charge in [0.1, 0.15) is 0 Å². The number of nitrogens with one attached hydrogen (secondary N) is 2. The van der Waals surface area contributed by atoms with Gasteiger partial charge in [-0.3, -0.25) is 9.59 Å². The lowest BCUT2D eigenvalue weighted by molar-refractivity contribution is -0.131. The highest BCUT2D eigenvalue weighted by Crippen LogP contribution is 2.28. The molecule has 1 aliphatic carbocycles. The molecule has 0 unspecified atom stereocenters. The third-order valence-electron chi connectivity index (χ3n) is 2.56. The standard InChI is InChI=1S/C10H19N3O2/c1-7(2)13-8(14)6-12-9(15)10(11)4-3-5-10/h7H,3-6,11H2,1-2H3,(H,12,15)(H,13,14). The van der Waals surface area contributed by atoms with Gasteiger partial charge in [-0.2, -0.15) is 0 Å². The summed E-state index contributed by atoms with van der Waals surface area (Å²) in [6.07, 6.45) is 2.41. The van der Waals surface area contributed by atoms with E-state index in [4.69, 9.17) is 5.73 Å². The van der Waals surface area contributed by atoms with Crippen molar-refractivity contribution in [2.24, 2.45) is 5.73 Å². The van der Waals surface area contributed by atoms with Crippen LogP contribution in [0.4, 0.5) is 0 Å². The van der Waals surface area contributed by atoms with E-state index < -0.39 is 5.54 Å². The second kappa shape index (κ2) is 4.61. The highest BCUT2D eigenvalue weighted by molar-refractivity contribution is 5.90. The average Bonchev–Trinajstić information content (AvgIpc) is 2.09. The summed E-state index contributed by atoms with van der Waals surface area (Å²) in [7, 11) is 0. The molecule has 0 bridgehead atoms. The first kappa shape index (κ1) is 12.0. The third kappa shape index (κ3) is 3.20. The number of carbonyl (C=O) groups is 2. The average molecular weight is 213 g/mol. The van der Waals surface area contributed by atoms with E-state index in [1.54, 1.807) is 0 Å². The Morgan fingerprint density at radius 3 is 2.40 bits per heavy atom. The van der Waals surface area contributed by atoms with Gasteiger partial charge in [-0.1, -0.05) is 0 Å². The molecule has 1 fully saturated rings. The molecular formula is C10H19N3O2. The lowest BCUT2D eigenvalue weighted by atomic mass is 9.77. The SMILES string of the molecule is CC(C)NC(=O)CNC(=O)C1(N)CCC1. The number of hydrogen-bond donors (Lipinski definition) is 3. The van der Waals surface area contributed by atoms with Crippen molar-refractivity contribution in [2.75, 3.05) is 6.54 Å². The van der Waals surface area contributed by atoms with Crippen molar-refractivity contribution in [1.82, 2.24) is 10.6 Å². The van der Waals surface area contributed by atoms with Gasteiger partial charge in [0.25, 0.3) is 0 Å². The van der Waals surface area contributed by atoms with Gasteiger partial charge < -0.3 is 16.4 Å². The smallest absolute Gasteiger partial charge is 0.240 e. The first-order chi connectivity index (χ1) is 6.94. The largest absolute Gasteiger partial charge is 0.352 e. The number of amides is 2. The quantitative estimate of drug-likeness (QED) is 0.589. The Kier molecular flexibility index (Phi) is 3.68. The summed E-state index contributed by atoms with van der Waals surface area (Å²) in [5.74, 6) is -0.395. The number of rotatable bonds is 4. The van der Waals surface area contributed by atoms with Gasteiger partial charge in [0.2, 0.25) is 11.8 Å². The molecule has 0 aromatic heterocycles. The molecule has 0 aromatic rings. The summed E-state index contributed by atoms with van der Waals surface area (Å²) in [5.41, 5.74) is 5.07. The van der Waals surface area contributed by atoms with E-state index in [2.05, 4.69) is 10.6 Å². The molecule has 0 heterocycles. The molecule has 0 aliphatic heterocycles. The molecule has 2 amide bonds. The van der Waals surface area contributed by atoms with Crippen LogP contribution in [0.15, 0.2) is 0 Å². The van der Waals surface area contributed by atoms with Crippen LogP contribution >= 0.6 is 0 Å². The first-order valence-corrected chi connectivity index (χ1v) is 5.30. The maximum absolute atomic E-state index is 11.5. The minimum atomic E-state index is -0.724. The minimum absolute atomic E-state index is 0.00988. The first-order valence-electron chi connectivity index (χ1n) is 5.30. The van der Waals surface area contributed by atoms with Crippen LogP contribution in [0.3, 0.4) is 0 Å². The maximum atomic E-state index is 11.5. The predicted octanol–water partition coefficient (Wildman–Crippen LogP) is -0.491. The molecule has 0 radical (unpaired) electrons. The Morgan fingerprint density at radius 1 is 1.40 bits per heavy atom. The molecule has 15 heavy (non-hydrogen) atoms. The summed E-state index contributed by atoms with van der Waals surface area (Å²) in [4.78, 5) is 22.7. The fraction of sp³-hybridized carbons (Fsp3) is 0.800. The van der Waals surface area contributed by atoms with Gasteiger partial charge >= 0.3 is 0 Å². The van der Waals surface area contributed by atoms with Gasteiger partial charge in [-0.25, -0.2) is 0 Å². The Labute approximate surface area is 89.8 Å². The Hall–Kier alpha value is -1.10. The van der Waals surface area contributed by atoms with Crippen molar-refractivity contribution in [2.45, 2.75) is 44.7 Å². The summed E-state index contributed by atoms with van der Waals surface area (Å²) >= 11 is 0. The Morgan fingerprint density at radius 2 is 2.00 bits per heavy atom. The van der Waals surface area contributed by atoms with Crippen LogP contribution in [0.5, 0.6) is 0 Å². The second-order valence-electron chi connectivity index (χ2n) is 4.41. The molecule has 4 N–H and O–H groups in total. The number of nitrogens with two attached hydrogens (primary N) is 1. The predicted molar refractivity (Wildman–Crippen MR) is 57.1 cm³/mol. The molecule has 0 spiro atoms. The minimum Gasteiger partial charge on any atom is -0.352 e. The second-order valence-corrected chi connectivity index (χ2v) is 4.41. The monoisotopic (exact) mass is 213 g/mol. The van der Waals surface area contributed by atoms with Crippen LogP contribution in [0, 0.1) is 0 Å². The highest BCUT2D eigenvalue weighted by Gasteiger charge is 2.39. The van der Waals surface area contributed by atoms with Crippen LogP contribution in [-0.4, -0.2) is 29.9 Å². The van der Waals surface area contributed by atoms with Crippen molar-refractivity contribution in [1.29, 1.82) is 0 Å². The van der Waals surface area contributed by atoms with Crippen molar-refractivity contribution in [3.63, 3.8) is 0 Å². The van der Waals surface area contributed by atoms with Crippen LogP contribution in [0.25, 0.3) is 0 Å². The van der Waals surface area contributed by atoms with E-state index in [1.165, 1.54) is 0 Å². The third-order valence-corrected chi connectivity index (χ3v) is 2.56. The van der Waals surface area contributed by atoms with Gasteiger partial charge in [-0.15, -0.1) is 0 Å². The molecule has 1 saturated carbocycles. The van der Waals surface area contributed by atoms with Gasteiger partial charge in [0, 0.05) is 6.04 Å². The molecule has 1 aliphatic rings. The molecular weight excluding hydrogens is 194 g/mol. The van der Waals surface area contributed by atoms with Crippen LogP contribution in [0.2, 0.25) is 0 Å². The van der Waals surface area contributed by atoms with Crippen LogP contribution < -0.4 is 16.4 Å². The zero-order valence-corrected chi connectivity index (χ0v) is 9.30. The van der Waals surface area contributed by atoms with E-state index >= 15 is 0 Å². The fourth-order valence-corrected chi connectivity index (χ4v) is 1.49. The summed E-state index contributed by atoms with van der Waals surface area (Å²) in [6.45, 7) is 3.75. The van der Waals surface area contributed by atoms with Gasteiger partial charge in [0.15, 0.2) is 0 Å². The maximum Gasteiger partial charge on any atom is 0.240 e. The van der Waals surface area contributed by atoms with Gasteiger partial charge in [-0.05, 0) is 33.1 Å². The molecule has 5 heteroatoms. The van der Waals surface area contributed by atoms with E-state index in [9.17, 15) is 9.59 Å². The lowest BCUT2D eigenvalue weighted by Gasteiger charge is -2.36. The molecule has 0 saturated heterocycles. The molecule has 0 aromatic carbocycles. The van der Waals surface area contributed by atoms with E-state index in [-0.39, 0.29) is 24.4 Å². The highest BCUT2D eigenvalue weighted by atomic mass is 16.2. The van der Waals surface area contributed by atoms with Crippen LogP contribution in [0.1, 0.15) is 33.1 Å². The van der Waals surface area contributed by atoms with E-state index in [0.29, 0.717) is 12.8 Å². The van der Waals surface area contributed by atoms with E-state index in [1.807, 2.05) is 13.8 Å². The normalized spacial score (nSPS) is 18.1. The summed E-state index contributed by atoms with van der Waals surface area (Å²) in [6, 6.07) is 0.0879. The molecule has 5 nitrogen and oxygen atoms in total. The molecule has 0 atom stereocenters. The van der Waals surface area contributed by atoms with Crippen molar-refractivity contribution in [3.05, 3.63) is 0 Å². The zero-order chi connectivity index (χ0) is 11.5. The lowest BCUT2D eigenvalue weighted by Crippen LogP contribution is -2.59. The molecule has 1 rings (SSSR count). The van der Waals surface area contributed by atoms with E-state index in [0.717, 1.165) is 6.42 Å². The number of hydrogen-bond acceptors (Lipinski definition) is 3. The number of carbonyl (C=O) groups excluding carboxylic acids is 2.